The molecule has 24 heavy (non-hydrogen) atoms. The molecule has 0 saturated carbocycles. The maximum atomic E-state index is 10.7. The van der Waals surface area contributed by atoms with Crippen molar-refractivity contribution in [1.82, 2.24) is 14.5 Å². The summed E-state index contributed by atoms with van der Waals surface area (Å²) in [5, 5.41) is 12.7. The molecule has 5 heteroatoms. The van der Waals surface area contributed by atoms with Gasteiger partial charge in [-0.05, 0) is 54.9 Å². The van der Waals surface area contributed by atoms with Crippen molar-refractivity contribution in [3.05, 3.63) is 64.6 Å². The Morgan fingerprint density at radius 3 is 2.83 bits per heavy atom. The molecule has 2 aromatic heterocycles. The molecule has 0 bridgehead atoms. The van der Waals surface area contributed by atoms with Gasteiger partial charge in [-0.25, -0.2) is 0 Å². The molecule has 4 rings (SSSR count). The van der Waals surface area contributed by atoms with Gasteiger partial charge in [-0.1, -0.05) is 11.6 Å². The minimum Gasteiger partial charge on any atom is -0.387 e. The zero-order chi connectivity index (χ0) is 16.7. The molecule has 0 spiro atoms. The maximum Gasteiger partial charge on any atom is 0.0970 e. The molecule has 1 aliphatic rings. The quantitative estimate of drug-likeness (QED) is 0.793. The lowest BCUT2D eigenvalue weighted by Gasteiger charge is -2.25. The van der Waals surface area contributed by atoms with E-state index in [1.165, 1.54) is 16.6 Å². The highest BCUT2D eigenvalue weighted by Gasteiger charge is 2.23. The lowest BCUT2D eigenvalue weighted by Crippen LogP contribution is -2.28. The molecule has 0 saturated heterocycles. The number of aliphatic hydroxyl groups excluding tert-OH is 1. The molecular formula is C19H20ClN3O. The molecule has 1 atom stereocenters. The van der Waals surface area contributed by atoms with Crippen LogP contribution in [0.2, 0.25) is 5.02 Å². The van der Waals surface area contributed by atoms with Crippen LogP contribution in [0.15, 0.2) is 42.7 Å². The molecule has 0 aliphatic carbocycles. The van der Waals surface area contributed by atoms with E-state index in [9.17, 15) is 5.11 Å². The van der Waals surface area contributed by atoms with E-state index in [0.29, 0.717) is 6.54 Å². The van der Waals surface area contributed by atoms with Crippen molar-refractivity contribution in [1.29, 1.82) is 0 Å². The lowest BCUT2D eigenvalue weighted by atomic mass is 10.0. The summed E-state index contributed by atoms with van der Waals surface area (Å²) in [6.45, 7) is 2.47. The lowest BCUT2D eigenvalue weighted by molar-refractivity contribution is 0.155. The highest BCUT2D eigenvalue weighted by Crippen LogP contribution is 2.33. The van der Waals surface area contributed by atoms with E-state index in [-0.39, 0.29) is 0 Å². The molecular weight excluding hydrogens is 322 g/mol. The fourth-order valence-corrected chi connectivity index (χ4v) is 3.79. The molecule has 3 heterocycles. The van der Waals surface area contributed by atoms with E-state index in [1.54, 1.807) is 12.4 Å². The highest BCUT2D eigenvalue weighted by atomic mass is 35.5. The number of rotatable bonds is 3. The van der Waals surface area contributed by atoms with E-state index in [2.05, 4.69) is 33.6 Å². The van der Waals surface area contributed by atoms with Gasteiger partial charge in [0, 0.05) is 47.1 Å². The summed E-state index contributed by atoms with van der Waals surface area (Å²) in [5.74, 6) is 0. The van der Waals surface area contributed by atoms with Crippen LogP contribution in [-0.4, -0.2) is 33.1 Å². The van der Waals surface area contributed by atoms with Crippen LogP contribution in [0.25, 0.3) is 10.9 Å². The zero-order valence-corrected chi connectivity index (χ0v) is 14.4. The Balaban J connectivity index is 1.81. The second-order valence-corrected chi connectivity index (χ2v) is 6.92. The number of halogens is 1. The molecule has 1 N–H and O–H groups in total. The van der Waals surface area contributed by atoms with Crippen molar-refractivity contribution in [2.75, 3.05) is 13.6 Å². The molecule has 1 aromatic carbocycles. The minimum absolute atomic E-state index is 0.533. The summed E-state index contributed by atoms with van der Waals surface area (Å²) in [6, 6.07) is 9.78. The predicted octanol–water partition coefficient (Wildman–Crippen LogP) is 3.41. The average Bonchev–Trinajstić information content (AvgIpc) is 2.88. The maximum absolute atomic E-state index is 10.7. The average molecular weight is 342 g/mol. The molecule has 1 unspecified atom stereocenters. The van der Waals surface area contributed by atoms with Gasteiger partial charge in [0.15, 0.2) is 0 Å². The van der Waals surface area contributed by atoms with Gasteiger partial charge in [0.2, 0.25) is 0 Å². The Morgan fingerprint density at radius 2 is 2.04 bits per heavy atom. The highest BCUT2D eigenvalue weighted by molar-refractivity contribution is 6.31. The van der Waals surface area contributed by atoms with Crippen molar-refractivity contribution in [3.63, 3.8) is 0 Å². The van der Waals surface area contributed by atoms with Crippen LogP contribution < -0.4 is 0 Å². The van der Waals surface area contributed by atoms with Crippen molar-refractivity contribution < 1.29 is 5.11 Å². The van der Waals surface area contributed by atoms with Gasteiger partial charge in [0.25, 0.3) is 0 Å². The van der Waals surface area contributed by atoms with Gasteiger partial charge < -0.3 is 14.6 Å². The van der Waals surface area contributed by atoms with Gasteiger partial charge in [-0.15, -0.1) is 0 Å². The monoisotopic (exact) mass is 341 g/mol. The third kappa shape index (κ3) is 2.71. The summed E-state index contributed by atoms with van der Waals surface area (Å²) < 4.78 is 2.25. The minimum atomic E-state index is -0.560. The van der Waals surface area contributed by atoms with E-state index in [1.807, 2.05) is 18.2 Å². The normalized spacial score (nSPS) is 16.3. The van der Waals surface area contributed by atoms with Gasteiger partial charge in [-0.2, -0.15) is 0 Å². The van der Waals surface area contributed by atoms with Gasteiger partial charge >= 0.3 is 0 Å². The molecule has 0 radical (unpaired) electrons. The standard InChI is InChI=1S/C19H20ClN3O/c1-22-9-6-15-16-10-14(20)2-3-17(16)23(18(15)11-22)12-19(24)13-4-7-21-8-5-13/h2-5,7-8,10,19,24H,6,9,11-12H2,1H3. The summed E-state index contributed by atoms with van der Waals surface area (Å²) in [5.41, 5.74) is 4.69. The summed E-state index contributed by atoms with van der Waals surface area (Å²) in [7, 11) is 2.14. The summed E-state index contributed by atoms with van der Waals surface area (Å²) in [4.78, 5) is 6.34. The number of benzene rings is 1. The third-order valence-electron chi connectivity index (χ3n) is 4.86. The van der Waals surface area contributed by atoms with E-state index in [0.717, 1.165) is 35.6 Å². The van der Waals surface area contributed by atoms with E-state index in [4.69, 9.17) is 11.6 Å². The van der Waals surface area contributed by atoms with Crippen LogP contribution in [-0.2, 0) is 19.5 Å². The topological polar surface area (TPSA) is 41.3 Å². The van der Waals surface area contributed by atoms with Crippen LogP contribution in [0.5, 0.6) is 0 Å². The first-order chi connectivity index (χ1) is 11.6. The number of pyridine rings is 1. The number of likely N-dealkylation sites (N-methyl/N-ethyl adjacent to an activating group) is 1. The smallest absolute Gasteiger partial charge is 0.0970 e. The molecule has 0 amide bonds. The predicted molar refractivity (Wildman–Crippen MR) is 96.2 cm³/mol. The van der Waals surface area contributed by atoms with Crippen LogP contribution in [0, 0.1) is 0 Å². The third-order valence-corrected chi connectivity index (χ3v) is 5.09. The van der Waals surface area contributed by atoms with Crippen molar-refractivity contribution in [2.45, 2.75) is 25.6 Å². The Kier molecular flexibility index (Phi) is 4.04. The molecule has 4 nitrogen and oxygen atoms in total. The van der Waals surface area contributed by atoms with Crippen molar-refractivity contribution >= 4 is 22.5 Å². The second-order valence-electron chi connectivity index (χ2n) is 6.48. The fourth-order valence-electron chi connectivity index (χ4n) is 3.62. The fraction of sp³-hybridized carbons (Fsp3) is 0.316. The number of fused-ring (bicyclic) bond motifs is 3. The Bertz CT molecular complexity index is 875. The van der Waals surface area contributed by atoms with Gasteiger partial charge in [0.05, 0.1) is 12.6 Å². The number of hydrogen-bond acceptors (Lipinski definition) is 3. The first-order valence-corrected chi connectivity index (χ1v) is 8.57. The van der Waals surface area contributed by atoms with E-state index < -0.39 is 6.10 Å². The second kappa shape index (κ2) is 6.20. The Hall–Kier alpha value is -1.88. The van der Waals surface area contributed by atoms with Gasteiger partial charge in [-0.3, -0.25) is 4.98 Å². The number of aromatic nitrogens is 2. The first kappa shape index (κ1) is 15.6. The largest absolute Gasteiger partial charge is 0.387 e. The number of aliphatic hydroxyl groups is 1. The van der Waals surface area contributed by atoms with Crippen LogP contribution >= 0.6 is 11.6 Å². The number of nitrogens with zero attached hydrogens (tertiary/aromatic N) is 3. The number of hydrogen-bond donors (Lipinski definition) is 1. The van der Waals surface area contributed by atoms with Crippen molar-refractivity contribution in [2.24, 2.45) is 0 Å². The Labute approximate surface area is 146 Å². The first-order valence-electron chi connectivity index (χ1n) is 8.19. The molecule has 0 fully saturated rings. The molecule has 1 aliphatic heterocycles. The van der Waals surface area contributed by atoms with Gasteiger partial charge in [0.1, 0.15) is 0 Å². The van der Waals surface area contributed by atoms with Crippen LogP contribution in [0.3, 0.4) is 0 Å². The van der Waals surface area contributed by atoms with Crippen molar-refractivity contribution in [3.8, 4) is 0 Å². The Morgan fingerprint density at radius 1 is 1.25 bits per heavy atom. The van der Waals surface area contributed by atoms with Crippen LogP contribution in [0.1, 0.15) is 22.9 Å². The zero-order valence-electron chi connectivity index (χ0n) is 13.6. The van der Waals surface area contributed by atoms with Crippen LogP contribution in [0.4, 0.5) is 0 Å². The molecule has 3 aromatic rings. The van der Waals surface area contributed by atoms with E-state index >= 15 is 0 Å². The SMILES string of the molecule is CN1CCc2c(n(CC(O)c3ccncc3)c3ccc(Cl)cc23)C1. The summed E-state index contributed by atoms with van der Waals surface area (Å²) >= 11 is 6.22. The summed E-state index contributed by atoms with van der Waals surface area (Å²) in [6.07, 6.45) is 3.89. The molecule has 124 valence electrons.